The molecule has 0 radical (unpaired) electrons. The molecule has 1 amide bonds. The van der Waals surface area contributed by atoms with E-state index >= 15 is 0 Å². The van der Waals surface area contributed by atoms with Gasteiger partial charge in [0, 0.05) is 17.6 Å². The van der Waals surface area contributed by atoms with Gasteiger partial charge >= 0.3 is 5.97 Å². The lowest BCUT2D eigenvalue weighted by Crippen LogP contribution is -2.36. The summed E-state index contributed by atoms with van der Waals surface area (Å²) >= 11 is 0. The third kappa shape index (κ3) is 4.55. The van der Waals surface area contributed by atoms with Gasteiger partial charge in [0.05, 0.1) is 12.7 Å². The van der Waals surface area contributed by atoms with Crippen LogP contribution in [0.1, 0.15) is 30.6 Å². The van der Waals surface area contributed by atoms with Crippen LogP contribution in [-0.4, -0.2) is 24.5 Å². The molecule has 0 aliphatic heterocycles. The molecule has 0 spiro atoms. The lowest BCUT2D eigenvalue weighted by Gasteiger charge is -2.17. The maximum absolute atomic E-state index is 11.6. The van der Waals surface area contributed by atoms with E-state index in [-0.39, 0.29) is 12.3 Å². The van der Waals surface area contributed by atoms with Gasteiger partial charge in [0.25, 0.3) is 0 Å². The van der Waals surface area contributed by atoms with E-state index in [1.807, 2.05) is 0 Å². The normalized spacial score (nSPS) is 10.9. The molecule has 0 heterocycles. The van der Waals surface area contributed by atoms with E-state index in [0.29, 0.717) is 11.3 Å². The van der Waals surface area contributed by atoms with Crippen molar-refractivity contribution >= 4 is 17.6 Å². The maximum atomic E-state index is 11.6. The zero-order chi connectivity index (χ0) is 13.8. The number of methoxy groups -OCH3 is 1. The highest BCUT2D eigenvalue weighted by Crippen LogP contribution is 2.12. The minimum atomic E-state index is -0.546. The van der Waals surface area contributed by atoms with Crippen molar-refractivity contribution < 1.29 is 14.3 Å². The Balaban J connectivity index is 2.64. The first-order valence-corrected chi connectivity index (χ1v) is 5.59. The highest BCUT2D eigenvalue weighted by Gasteiger charge is 2.16. The Morgan fingerprint density at radius 1 is 1.28 bits per heavy atom. The van der Waals surface area contributed by atoms with Crippen LogP contribution in [-0.2, 0) is 9.53 Å². The zero-order valence-electron chi connectivity index (χ0n) is 10.8. The van der Waals surface area contributed by atoms with Gasteiger partial charge in [-0.25, -0.2) is 4.79 Å². The fourth-order valence-electron chi connectivity index (χ4n) is 1.43. The van der Waals surface area contributed by atoms with Crippen LogP contribution in [0.2, 0.25) is 0 Å². The van der Waals surface area contributed by atoms with Crippen molar-refractivity contribution in [2.24, 2.45) is 5.73 Å². The summed E-state index contributed by atoms with van der Waals surface area (Å²) < 4.78 is 4.58. The van der Waals surface area contributed by atoms with Gasteiger partial charge in [-0.3, -0.25) is 4.79 Å². The number of nitrogens with one attached hydrogen (secondary N) is 1. The average Bonchev–Trinajstić information content (AvgIpc) is 2.26. The number of benzene rings is 1. The molecule has 0 aliphatic rings. The molecule has 5 nitrogen and oxygen atoms in total. The van der Waals surface area contributed by atoms with Gasteiger partial charge in [-0.15, -0.1) is 0 Å². The number of hydrogen-bond donors (Lipinski definition) is 2. The van der Waals surface area contributed by atoms with Gasteiger partial charge in [-0.2, -0.15) is 0 Å². The van der Waals surface area contributed by atoms with Gasteiger partial charge in [-0.05, 0) is 38.1 Å². The molecule has 0 aliphatic carbocycles. The molecule has 0 bridgehead atoms. The number of amides is 1. The van der Waals surface area contributed by atoms with Gasteiger partial charge in [0.15, 0.2) is 0 Å². The summed E-state index contributed by atoms with van der Waals surface area (Å²) in [5.74, 6) is -0.565. The van der Waals surface area contributed by atoms with Crippen LogP contribution in [0.15, 0.2) is 24.3 Å². The topological polar surface area (TPSA) is 81.4 Å². The van der Waals surface area contributed by atoms with Crippen LogP contribution in [0, 0.1) is 0 Å². The van der Waals surface area contributed by atoms with Crippen molar-refractivity contribution in [2.75, 3.05) is 12.4 Å². The lowest BCUT2D eigenvalue weighted by molar-refractivity contribution is -0.117. The first-order chi connectivity index (χ1) is 8.31. The van der Waals surface area contributed by atoms with Crippen LogP contribution in [0.25, 0.3) is 0 Å². The first kappa shape index (κ1) is 14.2. The summed E-state index contributed by atoms with van der Waals surface area (Å²) in [6.07, 6.45) is 0.228. The third-order valence-corrected chi connectivity index (χ3v) is 2.21. The second-order valence-corrected chi connectivity index (χ2v) is 4.78. The minimum absolute atomic E-state index is 0.159. The number of hydrogen-bond acceptors (Lipinski definition) is 4. The number of esters is 1. The van der Waals surface area contributed by atoms with E-state index in [2.05, 4.69) is 10.1 Å². The summed E-state index contributed by atoms with van der Waals surface area (Å²) in [4.78, 5) is 22.8. The highest BCUT2D eigenvalue weighted by molar-refractivity contribution is 5.93. The van der Waals surface area contributed by atoms with Gasteiger partial charge in [-0.1, -0.05) is 0 Å². The molecule has 0 aromatic heterocycles. The van der Waals surface area contributed by atoms with Crippen molar-refractivity contribution in [3.8, 4) is 0 Å². The Morgan fingerprint density at radius 2 is 1.83 bits per heavy atom. The largest absolute Gasteiger partial charge is 0.465 e. The number of carbonyl (C=O) groups excluding carboxylic acids is 2. The molecule has 5 heteroatoms. The fourth-order valence-corrected chi connectivity index (χ4v) is 1.43. The molecule has 0 fully saturated rings. The van der Waals surface area contributed by atoms with E-state index in [0.717, 1.165) is 0 Å². The van der Waals surface area contributed by atoms with Crippen molar-refractivity contribution in [1.82, 2.24) is 0 Å². The van der Waals surface area contributed by atoms with Crippen molar-refractivity contribution in [1.29, 1.82) is 0 Å². The lowest BCUT2D eigenvalue weighted by atomic mass is 10.0. The molecular weight excluding hydrogens is 232 g/mol. The quantitative estimate of drug-likeness (QED) is 0.794. The molecule has 18 heavy (non-hydrogen) atoms. The van der Waals surface area contributed by atoms with Crippen LogP contribution < -0.4 is 11.1 Å². The van der Waals surface area contributed by atoms with E-state index in [4.69, 9.17) is 5.73 Å². The van der Waals surface area contributed by atoms with Crippen LogP contribution in [0.3, 0.4) is 0 Å². The van der Waals surface area contributed by atoms with E-state index < -0.39 is 11.5 Å². The Kier molecular flexibility index (Phi) is 4.44. The molecule has 0 unspecified atom stereocenters. The molecule has 0 saturated carbocycles. The smallest absolute Gasteiger partial charge is 0.337 e. The SMILES string of the molecule is COC(=O)c1ccc(NC(=O)CC(C)(C)N)cc1. The zero-order valence-corrected chi connectivity index (χ0v) is 10.8. The predicted octanol–water partition coefficient (Wildman–Crippen LogP) is 1.54. The number of rotatable bonds is 4. The molecular formula is C13H18N2O3. The molecule has 3 N–H and O–H groups in total. The molecule has 98 valence electrons. The average molecular weight is 250 g/mol. The van der Waals surface area contributed by atoms with E-state index in [1.165, 1.54) is 7.11 Å². The molecule has 1 aromatic carbocycles. The Morgan fingerprint density at radius 3 is 2.28 bits per heavy atom. The fraction of sp³-hybridized carbons (Fsp3) is 0.385. The summed E-state index contributed by atoms with van der Waals surface area (Å²) in [5.41, 5.74) is 6.27. The van der Waals surface area contributed by atoms with Crippen molar-refractivity contribution in [3.05, 3.63) is 29.8 Å². The summed E-state index contributed by atoms with van der Waals surface area (Å²) in [7, 11) is 1.32. The monoisotopic (exact) mass is 250 g/mol. The summed E-state index contributed by atoms with van der Waals surface area (Å²) in [5, 5.41) is 2.71. The van der Waals surface area contributed by atoms with Crippen LogP contribution in [0.5, 0.6) is 0 Å². The number of nitrogens with two attached hydrogens (primary N) is 1. The summed E-state index contributed by atoms with van der Waals surface area (Å²) in [6, 6.07) is 6.48. The van der Waals surface area contributed by atoms with Crippen LogP contribution in [0.4, 0.5) is 5.69 Å². The molecule has 0 saturated heterocycles. The van der Waals surface area contributed by atoms with E-state index in [1.54, 1.807) is 38.1 Å². The molecule has 1 rings (SSSR count). The standard InChI is InChI=1S/C13H18N2O3/c1-13(2,14)8-11(16)15-10-6-4-9(5-7-10)12(17)18-3/h4-7H,8,14H2,1-3H3,(H,15,16). The number of anilines is 1. The predicted molar refractivity (Wildman–Crippen MR) is 69.3 cm³/mol. The first-order valence-electron chi connectivity index (χ1n) is 5.59. The van der Waals surface area contributed by atoms with E-state index in [9.17, 15) is 9.59 Å². The second kappa shape index (κ2) is 5.64. The minimum Gasteiger partial charge on any atom is -0.465 e. The molecule has 1 aromatic rings. The number of carbonyl (C=O) groups is 2. The Bertz CT molecular complexity index is 433. The van der Waals surface area contributed by atoms with Gasteiger partial charge in [0.2, 0.25) is 5.91 Å². The van der Waals surface area contributed by atoms with Crippen molar-refractivity contribution in [2.45, 2.75) is 25.8 Å². The van der Waals surface area contributed by atoms with Gasteiger partial charge < -0.3 is 15.8 Å². The summed E-state index contributed by atoms with van der Waals surface area (Å²) in [6.45, 7) is 3.57. The Labute approximate surface area is 106 Å². The molecule has 0 atom stereocenters. The number of ether oxygens (including phenoxy) is 1. The second-order valence-electron chi connectivity index (χ2n) is 4.78. The van der Waals surface area contributed by atoms with Crippen LogP contribution >= 0.6 is 0 Å². The maximum Gasteiger partial charge on any atom is 0.337 e. The Hall–Kier alpha value is -1.88. The highest BCUT2D eigenvalue weighted by atomic mass is 16.5. The van der Waals surface area contributed by atoms with Crippen molar-refractivity contribution in [3.63, 3.8) is 0 Å². The van der Waals surface area contributed by atoms with Gasteiger partial charge in [0.1, 0.15) is 0 Å². The third-order valence-electron chi connectivity index (χ3n) is 2.21.